The molecule has 3 aromatic rings. The van der Waals surface area contributed by atoms with E-state index in [1.54, 1.807) is 0 Å². The van der Waals surface area contributed by atoms with E-state index in [1.807, 2.05) is 46.9 Å². The van der Waals surface area contributed by atoms with Crippen molar-refractivity contribution in [2.75, 3.05) is 26.3 Å². The number of hydrogen-bond donors (Lipinski definition) is 0. The molecule has 8 nitrogen and oxygen atoms in total. The fourth-order valence-corrected chi connectivity index (χ4v) is 4.10. The molecule has 8 heteroatoms. The lowest BCUT2D eigenvalue weighted by molar-refractivity contribution is -0.187. The highest BCUT2D eigenvalue weighted by molar-refractivity contribution is 5.86. The van der Waals surface area contributed by atoms with Gasteiger partial charge < -0.3 is 23.4 Å². The van der Waals surface area contributed by atoms with E-state index in [0.717, 1.165) is 29.3 Å². The van der Waals surface area contributed by atoms with E-state index >= 15 is 0 Å². The Hall–Kier alpha value is -2.71. The molecule has 1 spiro atoms. The SMILES string of the molecule is CCc1nnc(-c2ccc3ccn(CC(=O)N4CCC5(CC4)OCCO5)c3c2)o1. The summed E-state index contributed by atoms with van der Waals surface area (Å²) in [5.74, 6) is 0.754. The number of carbonyl (C=O) groups is 1. The third-order valence-electron chi connectivity index (χ3n) is 5.79. The van der Waals surface area contributed by atoms with Crippen LogP contribution in [0.5, 0.6) is 0 Å². The molecule has 2 aliphatic rings. The summed E-state index contributed by atoms with van der Waals surface area (Å²) in [4.78, 5) is 14.8. The molecule has 0 unspecified atom stereocenters. The normalized spacial score (nSPS) is 18.7. The van der Waals surface area contributed by atoms with Gasteiger partial charge in [-0.3, -0.25) is 4.79 Å². The van der Waals surface area contributed by atoms with Gasteiger partial charge in [-0.25, -0.2) is 0 Å². The van der Waals surface area contributed by atoms with E-state index in [2.05, 4.69) is 10.2 Å². The average Bonchev–Trinajstić information content (AvgIpc) is 3.49. The first kappa shape index (κ1) is 18.3. The third-order valence-corrected chi connectivity index (χ3v) is 5.79. The van der Waals surface area contributed by atoms with Crippen molar-refractivity contribution in [2.45, 2.75) is 38.5 Å². The fraction of sp³-hybridized carbons (Fsp3) is 0.476. The van der Waals surface area contributed by atoms with Crippen molar-refractivity contribution in [3.63, 3.8) is 0 Å². The number of amides is 1. The lowest BCUT2D eigenvalue weighted by Gasteiger charge is -2.37. The second-order valence-electron chi connectivity index (χ2n) is 7.56. The quantitative estimate of drug-likeness (QED) is 0.674. The molecule has 4 heterocycles. The van der Waals surface area contributed by atoms with Gasteiger partial charge in [0.1, 0.15) is 6.54 Å². The highest BCUT2D eigenvalue weighted by Gasteiger charge is 2.40. The van der Waals surface area contributed by atoms with Crippen molar-refractivity contribution < 1.29 is 18.7 Å². The van der Waals surface area contributed by atoms with Gasteiger partial charge in [-0.15, -0.1) is 10.2 Å². The van der Waals surface area contributed by atoms with Crippen LogP contribution in [0.2, 0.25) is 0 Å². The fourth-order valence-electron chi connectivity index (χ4n) is 4.10. The number of rotatable bonds is 4. The van der Waals surface area contributed by atoms with Crippen LogP contribution in [0.4, 0.5) is 0 Å². The summed E-state index contributed by atoms with van der Waals surface area (Å²) < 4.78 is 19.2. The number of ether oxygens (including phenoxy) is 2. The molecule has 29 heavy (non-hydrogen) atoms. The average molecular weight is 396 g/mol. The number of carbonyl (C=O) groups excluding carboxylic acids is 1. The van der Waals surface area contributed by atoms with E-state index in [4.69, 9.17) is 13.9 Å². The second-order valence-corrected chi connectivity index (χ2v) is 7.56. The number of aromatic nitrogens is 3. The first-order chi connectivity index (χ1) is 14.2. The van der Waals surface area contributed by atoms with Gasteiger partial charge in [0.05, 0.1) is 13.2 Å². The van der Waals surface area contributed by atoms with Gasteiger partial charge in [-0.05, 0) is 23.6 Å². The molecule has 2 aromatic heterocycles. The summed E-state index contributed by atoms with van der Waals surface area (Å²) in [6, 6.07) is 8.00. The molecule has 2 fully saturated rings. The Morgan fingerprint density at radius 1 is 1.14 bits per heavy atom. The molecular formula is C21H24N4O4. The van der Waals surface area contributed by atoms with Gasteiger partial charge in [0, 0.05) is 49.6 Å². The Bertz CT molecular complexity index is 1020. The number of piperidine rings is 1. The minimum Gasteiger partial charge on any atom is -0.421 e. The summed E-state index contributed by atoms with van der Waals surface area (Å²) in [6.45, 7) is 4.88. The number of likely N-dealkylation sites (tertiary alicyclic amines) is 1. The molecule has 0 N–H and O–H groups in total. The van der Waals surface area contributed by atoms with E-state index in [1.165, 1.54) is 0 Å². The Morgan fingerprint density at radius 3 is 2.66 bits per heavy atom. The Kier molecular flexibility index (Phi) is 4.60. The number of fused-ring (bicyclic) bond motifs is 1. The summed E-state index contributed by atoms with van der Waals surface area (Å²) in [7, 11) is 0. The lowest BCUT2D eigenvalue weighted by atomic mass is 10.0. The van der Waals surface area contributed by atoms with Gasteiger partial charge in [-0.2, -0.15) is 0 Å². The zero-order chi connectivity index (χ0) is 19.8. The van der Waals surface area contributed by atoms with E-state index in [0.29, 0.717) is 51.1 Å². The maximum absolute atomic E-state index is 12.9. The molecular weight excluding hydrogens is 372 g/mol. The predicted octanol–water partition coefficient (Wildman–Crippen LogP) is 2.62. The molecule has 152 valence electrons. The maximum atomic E-state index is 12.9. The van der Waals surface area contributed by atoms with Crippen molar-refractivity contribution in [3.05, 3.63) is 36.4 Å². The van der Waals surface area contributed by atoms with Crippen LogP contribution >= 0.6 is 0 Å². The largest absolute Gasteiger partial charge is 0.421 e. The van der Waals surface area contributed by atoms with Gasteiger partial charge in [0.2, 0.25) is 17.7 Å². The first-order valence-electron chi connectivity index (χ1n) is 10.1. The van der Waals surface area contributed by atoms with Crippen molar-refractivity contribution in [1.82, 2.24) is 19.7 Å². The van der Waals surface area contributed by atoms with Gasteiger partial charge in [0.25, 0.3) is 0 Å². The summed E-state index contributed by atoms with van der Waals surface area (Å²) in [5.41, 5.74) is 1.83. The monoisotopic (exact) mass is 396 g/mol. The Labute approximate surface area is 168 Å². The molecule has 0 bridgehead atoms. The molecule has 2 saturated heterocycles. The van der Waals surface area contributed by atoms with Crippen molar-refractivity contribution in [3.8, 4) is 11.5 Å². The smallest absolute Gasteiger partial charge is 0.247 e. The van der Waals surface area contributed by atoms with Crippen LogP contribution in [0.25, 0.3) is 22.4 Å². The van der Waals surface area contributed by atoms with E-state index < -0.39 is 5.79 Å². The van der Waals surface area contributed by atoms with E-state index in [-0.39, 0.29) is 5.91 Å². The van der Waals surface area contributed by atoms with Gasteiger partial charge in [-0.1, -0.05) is 13.0 Å². The van der Waals surface area contributed by atoms with Crippen molar-refractivity contribution in [1.29, 1.82) is 0 Å². The summed E-state index contributed by atoms with van der Waals surface area (Å²) >= 11 is 0. The summed E-state index contributed by atoms with van der Waals surface area (Å²) in [5, 5.41) is 9.23. The predicted molar refractivity (Wildman–Crippen MR) is 105 cm³/mol. The second kappa shape index (κ2) is 7.27. The number of nitrogens with zero attached hydrogens (tertiary/aromatic N) is 4. The molecule has 0 atom stereocenters. The van der Waals surface area contributed by atoms with Crippen molar-refractivity contribution in [2.24, 2.45) is 0 Å². The number of aryl methyl sites for hydroxylation is 1. The minimum absolute atomic E-state index is 0.104. The van der Waals surface area contributed by atoms with Gasteiger partial charge >= 0.3 is 0 Å². The maximum Gasteiger partial charge on any atom is 0.247 e. The Balaban J connectivity index is 1.32. The van der Waals surface area contributed by atoms with Gasteiger partial charge in [0.15, 0.2) is 5.79 Å². The van der Waals surface area contributed by atoms with Crippen LogP contribution in [-0.2, 0) is 27.2 Å². The zero-order valence-electron chi connectivity index (χ0n) is 16.5. The van der Waals surface area contributed by atoms with Crippen LogP contribution in [0, 0.1) is 0 Å². The zero-order valence-corrected chi connectivity index (χ0v) is 16.5. The minimum atomic E-state index is -0.465. The standard InChI is InChI=1S/C21H24N4O4/c1-2-18-22-23-20(29-18)16-4-3-15-5-8-25(17(15)13-16)14-19(26)24-9-6-21(7-10-24)27-11-12-28-21/h3-5,8,13H,2,6-7,9-12,14H2,1H3. The molecule has 1 amide bonds. The number of hydrogen-bond acceptors (Lipinski definition) is 6. The molecule has 1 aromatic carbocycles. The Morgan fingerprint density at radius 2 is 1.93 bits per heavy atom. The van der Waals surface area contributed by atoms with Crippen LogP contribution < -0.4 is 0 Å². The lowest BCUT2D eigenvalue weighted by Crippen LogP contribution is -2.48. The van der Waals surface area contributed by atoms with Crippen LogP contribution in [-0.4, -0.2) is 57.7 Å². The molecule has 0 saturated carbocycles. The molecule has 0 radical (unpaired) electrons. The van der Waals surface area contributed by atoms with Crippen LogP contribution in [0.1, 0.15) is 25.7 Å². The molecule has 0 aliphatic carbocycles. The third kappa shape index (κ3) is 3.42. The van der Waals surface area contributed by atoms with E-state index in [9.17, 15) is 4.79 Å². The topological polar surface area (TPSA) is 82.6 Å². The summed E-state index contributed by atoms with van der Waals surface area (Å²) in [6.07, 6.45) is 4.11. The highest BCUT2D eigenvalue weighted by atomic mass is 16.7. The van der Waals surface area contributed by atoms with Crippen LogP contribution in [0.3, 0.4) is 0 Å². The first-order valence-corrected chi connectivity index (χ1v) is 10.1. The molecule has 5 rings (SSSR count). The highest BCUT2D eigenvalue weighted by Crippen LogP contribution is 2.31. The van der Waals surface area contributed by atoms with Crippen molar-refractivity contribution >= 4 is 16.8 Å². The van der Waals surface area contributed by atoms with Crippen LogP contribution in [0.15, 0.2) is 34.9 Å². The molecule has 2 aliphatic heterocycles. The number of benzene rings is 1.